The molecule has 0 aromatic heterocycles. The Morgan fingerprint density at radius 2 is 1.94 bits per heavy atom. The molecule has 0 amide bonds. The fourth-order valence-electron chi connectivity index (χ4n) is 2.87. The summed E-state index contributed by atoms with van der Waals surface area (Å²) in [4.78, 5) is 2.67. The zero-order valence-corrected chi connectivity index (χ0v) is 12.6. The van der Waals surface area contributed by atoms with Gasteiger partial charge in [-0.05, 0) is 50.7 Å². The van der Waals surface area contributed by atoms with Crippen molar-refractivity contribution in [1.82, 2.24) is 10.2 Å². The van der Waals surface area contributed by atoms with Gasteiger partial charge in [-0.1, -0.05) is 34.1 Å². The van der Waals surface area contributed by atoms with Crippen LogP contribution in [0, 0.1) is 11.3 Å². The van der Waals surface area contributed by atoms with Gasteiger partial charge in [-0.3, -0.25) is 0 Å². The predicted octanol–water partition coefficient (Wildman–Crippen LogP) is 3.13. The Balaban J connectivity index is 2.45. The Morgan fingerprint density at radius 3 is 2.47 bits per heavy atom. The molecule has 2 unspecified atom stereocenters. The summed E-state index contributed by atoms with van der Waals surface area (Å²) in [6, 6.07) is 0.598. The minimum Gasteiger partial charge on any atom is -0.315 e. The minimum absolute atomic E-state index is 0.352. The molecule has 2 heteroatoms. The number of nitrogens with zero attached hydrogens (tertiary/aromatic N) is 1. The average molecular weight is 240 g/mol. The summed E-state index contributed by atoms with van der Waals surface area (Å²) in [7, 11) is 2.10. The normalized spacial score (nSPS) is 25.6. The maximum atomic E-state index is 3.49. The third-order valence-electron chi connectivity index (χ3n) is 4.35. The molecule has 1 saturated heterocycles. The van der Waals surface area contributed by atoms with E-state index < -0.39 is 0 Å². The van der Waals surface area contributed by atoms with Crippen LogP contribution in [0.1, 0.15) is 53.4 Å². The van der Waals surface area contributed by atoms with Crippen LogP contribution >= 0.6 is 0 Å². The lowest BCUT2D eigenvalue weighted by atomic mass is 9.86. The molecule has 0 aromatic carbocycles. The molecule has 2 nitrogen and oxygen atoms in total. The number of likely N-dealkylation sites (N-methyl/N-ethyl adjacent to an activating group) is 1. The van der Waals surface area contributed by atoms with Crippen molar-refractivity contribution < 1.29 is 0 Å². The van der Waals surface area contributed by atoms with Crippen molar-refractivity contribution in [2.75, 3.05) is 26.7 Å². The summed E-state index contributed by atoms with van der Waals surface area (Å²) < 4.78 is 0. The van der Waals surface area contributed by atoms with Crippen molar-refractivity contribution in [2.24, 2.45) is 11.3 Å². The number of hydrogen-bond donors (Lipinski definition) is 1. The molecule has 1 rings (SSSR count). The molecule has 0 radical (unpaired) electrons. The Hall–Kier alpha value is -0.0800. The standard InChI is InChI=1S/C15H32N2/c1-6-13-8-7-10-17(11-9-13)12-14(16-5)15(2,3)4/h13-14,16H,6-12H2,1-5H3. The number of nitrogens with one attached hydrogen (secondary N) is 1. The first-order valence-corrected chi connectivity index (χ1v) is 7.37. The molecule has 0 spiro atoms. The summed E-state index contributed by atoms with van der Waals surface area (Å²) in [5.74, 6) is 0.975. The maximum absolute atomic E-state index is 3.49. The molecule has 1 aliphatic rings. The number of hydrogen-bond acceptors (Lipinski definition) is 2. The Bertz CT molecular complexity index is 207. The van der Waals surface area contributed by atoms with Gasteiger partial charge in [0.25, 0.3) is 0 Å². The first-order valence-electron chi connectivity index (χ1n) is 7.37. The van der Waals surface area contributed by atoms with Crippen LogP contribution in [0.15, 0.2) is 0 Å². The van der Waals surface area contributed by atoms with E-state index in [-0.39, 0.29) is 0 Å². The summed E-state index contributed by atoms with van der Waals surface area (Å²) in [5.41, 5.74) is 0.352. The SMILES string of the molecule is CCC1CCCN(CC(NC)C(C)(C)C)CC1. The van der Waals surface area contributed by atoms with Crippen LogP contribution < -0.4 is 5.32 Å². The quantitative estimate of drug-likeness (QED) is 0.812. The fourth-order valence-corrected chi connectivity index (χ4v) is 2.87. The van der Waals surface area contributed by atoms with Crippen molar-refractivity contribution in [1.29, 1.82) is 0 Å². The van der Waals surface area contributed by atoms with Crippen LogP contribution in [0.5, 0.6) is 0 Å². The van der Waals surface area contributed by atoms with Gasteiger partial charge in [-0.15, -0.1) is 0 Å². The van der Waals surface area contributed by atoms with Gasteiger partial charge < -0.3 is 10.2 Å². The molecule has 0 aromatic rings. The highest BCUT2D eigenvalue weighted by atomic mass is 15.1. The molecule has 1 fully saturated rings. The average Bonchev–Trinajstić information content (AvgIpc) is 2.49. The topological polar surface area (TPSA) is 15.3 Å². The first kappa shape index (κ1) is 15.0. The molecule has 0 bridgehead atoms. The molecular formula is C15H32N2. The number of likely N-dealkylation sites (tertiary alicyclic amines) is 1. The van der Waals surface area contributed by atoms with Gasteiger partial charge in [0.05, 0.1) is 0 Å². The lowest BCUT2D eigenvalue weighted by Crippen LogP contribution is -2.47. The minimum atomic E-state index is 0.352. The predicted molar refractivity (Wildman–Crippen MR) is 76.4 cm³/mol. The second kappa shape index (κ2) is 6.75. The molecule has 1 aliphatic heterocycles. The summed E-state index contributed by atoms with van der Waals surface area (Å²) in [6.07, 6.45) is 5.59. The van der Waals surface area contributed by atoms with Gasteiger partial charge in [0, 0.05) is 12.6 Å². The molecular weight excluding hydrogens is 208 g/mol. The Labute approximate surface area is 108 Å². The molecule has 0 saturated carbocycles. The highest BCUT2D eigenvalue weighted by Crippen LogP contribution is 2.23. The van der Waals surface area contributed by atoms with Gasteiger partial charge >= 0.3 is 0 Å². The van der Waals surface area contributed by atoms with Crippen molar-refractivity contribution in [3.8, 4) is 0 Å². The zero-order chi connectivity index (χ0) is 12.9. The van der Waals surface area contributed by atoms with Gasteiger partial charge in [0.2, 0.25) is 0 Å². The summed E-state index contributed by atoms with van der Waals surface area (Å²) >= 11 is 0. The highest BCUT2D eigenvalue weighted by molar-refractivity contribution is 4.83. The molecule has 17 heavy (non-hydrogen) atoms. The van der Waals surface area contributed by atoms with Crippen LogP contribution in [-0.4, -0.2) is 37.6 Å². The van der Waals surface area contributed by atoms with E-state index in [0.717, 1.165) is 5.92 Å². The van der Waals surface area contributed by atoms with Crippen LogP contribution in [0.25, 0.3) is 0 Å². The lowest BCUT2D eigenvalue weighted by molar-refractivity contribution is 0.181. The fraction of sp³-hybridized carbons (Fsp3) is 1.00. The van der Waals surface area contributed by atoms with Gasteiger partial charge in [-0.25, -0.2) is 0 Å². The third-order valence-corrected chi connectivity index (χ3v) is 4.35. The Morgan fingerprint density at radius 1 is 1.24 bits per heavy atom. The van der Waals surface area contributed by atoms with E-state index in [4.69, 9.17) is 0 Å². The molecule has 1 N–H and O–H groups in total. The largest absolute Gasteiger partial charge is 0.315 e. The molecule has 0 aliphatic carbocycles. The second-order valence-corrected chi connectivity index (χ2v) is 6.71. The molecule has 2 atom stereocenters. The van der Waals surface area contributed by atoms with E-state index in [2.05, 4.69) is 45.0 Å². The van der Waals surface area contributed by atoms with Gasteiger partial charge in [-0.2, -0.15) is 0 Å². The van der Waals surface area contributed by atoms with E-state index in [1.807, 2.05) is 0 Å². The monoisotopic (exact) mass is 240 g/mol. The van der Waals surface area contributed by atoms with E-state index in [0.29, 0.717) is 11.5 Å². The van der Waals surface area contributed by atoms with Crippen LogP contribution in [0.2, 0.25) is 0 Å². The third kappa shape index (κ3) is 4.97. The summed E-state index contributed by atoms with van der Waals surface area (Å²) in [5, 5.41) is 3.49. The maximum Gasteiger partial charge on any atom is 0.0240 e. The van der Waals surface area contributed by atoms with E-state index in [1.165, 1.54) is 45.3 Å². The van der Waals surface area contributed by atoms with Crippen molar-refractivity contribution in [3.05, 3.63) is 0 Å². The van der Waals surface area contributed by atoms with Gasteiger partial charge in [0.15, 0.2) is 0 Å². The van der Waals surface area contributed by atoms with Crippen LogP contribution in [0.3, 0.4) is 0 Å². The highest BCUT2D eigenvalue weighted by Gasteiger charge is 2.26. The van der Waals surface area contributed by atoms with E-state index in [1.54, 1.807) is 0 Å². The van der Waals surface area contributed by atoms with Crippen LogP contribution in [0.4, 0.5) is 0 Å². The smallest absolute Gasteiger partial charge is 0.0240 e. The molecule has 1 heterocycles. The van der Waals surface area contributed by atoms with Crippen molar-refractivity contribution in [3.63, 3.8) is 0 Å². The zero-order valence-electron chi connectivity index (χ0n) is 12.6. The molecule has 102 valence electrons. The lowest BCUT2D eigenvalue weighted by Gasteiger charge is -2.35. The van der Waals surface area contributed by atoms with Crippen LogP contribution in [-0.2, 0) is 0 Å². The first-order chi connectivity index (χ1) is 7.97. The second-order valence-electron chi connectivity index (χ2n) is 6.71. The number of rotatable bonds is 4. The van der Waals surface area contributed by atoms with Gasteiger partial charge in [0.1, 0.15) is 0 Å². The van der Waals surface area contributed by atoms with Crippen molar-refractivity contribution >= 4 is 0 Å². The Kier molecular flexibility index (Phi) is 5.94. The van der Waals surface area contributed by atoms with E-state index in [9.17, 15) is 0 Å². The van der Waals surface area contributed by atoms with Crippen molar-refractivity contribution in [2.45, 2.75) is 59.4 Å². The summed E-state index contributed by atoms with van der Waals surface area (Å²) in [6.45, 7) is 13.1. The van der Waals surface area contributed by atoms with E-state index >= 15 is 0 Å².